The van der Waals surface area contributed by atoms with E-state index in [1.165, 1.54) is 12.1 Å². The predicted octanol–water partition coefficient (Wildman–Crippen LogP) is 2.89. The second kappa shape index (κ2) is 7.31. The van der Waals surface area contributed by atoms with E-state index in [0.717, 1.165) is 28.1 Å². The molecule has 3 N–H and O–H groups in total. The van der Waals surface area contributed by atoms with Gasteiger partial charge in [0.05, 0.1) is 26.4 Å². The van der Waals surface area contributed by atoms with E-state index in [1.807, 2.05) is 24.3 Å². The van der Waals surface area contributed by atoms with Crippen LogP contribution in [0.3, 0.4) is 0 Å². The summed E-state index contributed by atoms with van der Waals surface area (Å²) in [5.74, 6) is 0.459. The van der Waals surface area contributed by atoms with E-state index in [-0.39, 0.29) is 17.9 Å². The summed E-state index contributed by atoms with van der Waals surface area (Å²) < 4.78 is 24.6. The Kier molecular flexibility index (Phi) is 4.86. The highest BCUT2D eigenvalue weighted by Gasteiger charge is 2.33. The van der Waals surface area contributed by atoms with Gasteiger partial charge >= 0.3 is 0 Å². The van der Waals surface area contributed by atoms with Crippen LogP contribution in [0.25, 0.3) is 5.57 Å². The summed E-state index contributed by atoms with van der Waals surface area (Å²) in [6.45, 7) is 3.00. The van der Waals surface area contributed by atoms with Crippen molar-refractivity contribution >= 4 is 5.57 Å². The average molecular weight is 370 g/mol. The Labute approximate surface area is 157 Å². The minimum Gasteiger partial charge on any atom is -0.497 e. The first-order valence-electron chi connectivity index (χ1n) is 9.02. The monoisotopic (exact) mass is 370 g/mol. The molecule has 4 rings (SSSR count). The highest BCUT2D eigenvalue weighted by atomic mass is 19.1. The quantitative estimate of drug-likeness (QED) is 0.773. The van der Waals surface area contributed by atoms with Gasteiger partial charge in [-0.05, 0) is 42.3 Å². The smallest absolute Gasteiger partial charge is 0.151 e. The normalized spacial score (nSPS) is 22.5. The van der Waals surface area contributed by atoms with Gasteiger partial charge in [0, 0.05) is 22.9 Å². The fraction of sp³-hybridized carbons (Fsp3) is 0.333. The molecule has 2 aliphatic heterocycles. The van der Waals surface area contributed by atoms with E-state index in [9.17, 15) is 9.50 Å². The van der Waals surface area contributed by atoms with Crippen LogP contribution < -0.4 is 15.4 Å². The Morgan fingerprint density at radius 3 is 2.78 bits per heavy atom. The molecule has 0 bridgehead atoms. The molecule has 0 radical (unpaired) electrons. The molecule has 2 aromatic carbocycles. The maximum atomic E-state index is 13.7. The number of halogens is 1. The molecule has 27 heavy (non-hydrogen) atoms. The SMILES string of the molecule is COc1ccc([C@@H](C)N[C@@H]2COCC3=C2c2ccc(F)cc2C(O)N3)cc1. The zero-order valence-corrected chi connectivity index (χ0v) is 15.3. The lowest BCUT2D eigenvalue weighted by Gasteiger charge is -2.37. The van der Waals surface area contributed by atoms with Crippen LogP contribution >= 0.6 is 0 Å². The number of hydrogen-bond acceptors (Lipinski definition) is 5. The Hall–Kier alpha value is -2.41. The number of rotatable bonds is 4. The van der Waals surface area contributed by atoms with Gasteiger partial charge in [-0.3, -0.25) is 0 Å². The van der Waals surface area contributed by atoms with Gasteiger partial charge in [-0.15, -0.1) is 0 Å². The minimum atomic E-state index is -0.934. The van der Waals surface area contributed by atoms with Crippen molar-refractivity contribution in [3.8, 4) is 5.75 Å². The van der Waals surface area contributed by atoms with E-state index in [0.29, 0.717) is 18.8 Å². The third kappa shape index (κ3) is 3.43. The number of nitrogens with one attached hydrogen (secondary N) is 2. The van der Waals surface area contributed by atoms with Crippen molar-refractivity contribution in [3.63, 3.8) is 0 Å². The van der Waals surface area contributed by atoms with E-state index < -0.39 is 6.23 Å². The standard InChI is InChI=1S/C21H23FN2O3/c1-12(13-3-6-15(26-2)7-4-13)23-18-10-27-11-19-20(18)16-8-5-14(22)9-17(16)21(25)24-19/h3-9,12,18,21,23-25H,10-11H2,1-2H3/t12-,18-,21?/m1/s1. The lowest BCUT2D eigenvalue weighted by atomic mass is 9.87. The van der Waals surface area contributed by atoms with Gasteiger partial charge in [-0.2, -0.15) is 0 Å². The molecule has 0 spiro atoms. The summed E-state index contributed by atoms with van der Waals surface area (Å²) >= 11 is 0. The van der Waals surface area contributed by atoms with Crippen molar-refractivity contribution in [3.05, 3.63) is 70.7 Å². The van der Waals surface area contributed by atoms with E-state index in [1.54, 1.807) is 13.2 Å². The fourth-order valence-corrected chi connectivity index (χ4v) is 3.79. The van der Waals surface area contributed by atoms with Crippen molar-refractivity contribution in [2.24, 2.45) is 0 Å². The maximum Gasteiger partial charge on any atom is 0.151 e. The summed E-state index contributed by atoms with van der Waals surface area (Å²) in [4.78, 5) is 0. The molecule has 5 nitrogen and oxygen atoms in total. The fourth-order valence-electron chi connectivity index (χ4n) is 3.79. The molecule has 0 aromatic heterocycles. The van der Waals surface area contributed by atoms with Crippen LogP contribution in [0.1, 0.15) is 35.9 Å². The van der Waals surface area contributed by atoms with Crippen molar-refractivity contribution in [1.82, 2.24) is 10.6 Å². The highest BCUT2D eigenvalue weighted by Crippen LogP contribution is 2.36. The van der Waals surface area contributed by atoms with Crippen LogP contribution in [0, 0.1) is 5.82 Å². The second-order valence-electron chi connectivity index (χ2n) is 6.90. The van der Waals surface area contributed by atoms with E-state index in [2.05, 4.69) is 17.6 Å². The maximum absolute atomic E-state index is 13.7. The molecule has 0 aliphatic carbocycles. The molecule has 1 unspecified atom stereocenters. The Bertz CT molecular complexity index is 866. The lowest BCUT2D eigenvalue weighted by molar-refractivity contribution is 0.0987. The van der Waals surface area contributed by atoms with Crippen molar-refractivity contribution in [2.45, 2.75) is 25.2 Å². The Morgan fingerprint density at radius 2 is 2.04 bits per heavy atom. The average Bonchev–Trinajstić information content (AvgIpc) is 2.68. The van der Waals surface area contributed by atoms with Gasteiger partial charge < -0.3 is 25.2 Å². The van der Waals surface area contributed by atoms with Crippen molar-refractivity contribution in [1.29, 1.82) is 0 Å². The van der Waals surface area contributed by atoms with Gasteiger partial charge in [-0.25, -0.2) is 4.39 Å². The molecule has 142 valence electrons. The third-order valence-corrected chi connectivity index (χ3v) is 5.18. The van der Waals surface area contributed by atoms with Crippen LogP contribution in [0.4, 0.5) is 4.39 Å². The van der Waals surface area contributed by atoms with E-state index in [4.69, 9.17) is 9.47 Å². The summed E-state index contributed by atoms with van der Waals surface area (Å²) in [6, 6.07) is 12.5. The number of ether oxygens (including phenoxy) is 2. The summed E-state index contributed by atoms with van der Waals surface area (Å²) in [6.07, 6.45) is -0.934. The topological polar surface area (TPSA) is 62.8 Å². The number of hydrogen-bond donors (Lipinski definition) is 3. The zero-order chi connectivity index (χ0) is 19.0. The first-order valence-corrected chi connectivity index (χ1v) is 9.02. The minimum absolute atomic E-state index is 0.0740. The number of benzene rings is 2. The van der Waals surface area contributed by atoms with Crippen LogP contribution in [0.5, 0.6) is 5.75 Å². The van der Waals surface area contributed by atoms with Gasteiger partial charge in [0.1, 0.15) is 11.6 Å². The largest absolute Gasteiger partial charge is 0.497 e. The zero-order valence-electron chi connectivity index (χ0n) is 15.3. The molecular formula is C21H23FN2O3. The van der Waals surface area contributed by atoms with Crippen LogP contribution in [0.15, 0.2) is 48.2 Å². The molecule has 2 heterocycles. The molecule has 0 amide bonds. The van der Waals surface area contributed by atoms with Crippen molar-refractivity contribution < 1.29 is 19.0 Å². The molecule has 2 aromatic rings. The predicted molar refractivity (Wildman–Crippen MR) is 101 cm³/mol. The van der Waals surface area contributed by atoms with E-state index >= 15 is 0 Å². The van der Waals surface area contributed by atoms with Gasteiger partial charge in [0.2, 0.25) is 0 Å². The molecule has 3 atom stereocenters. The Balaban J connectivity index is 1.63. The van der Waals surface area contributed by atoms with Gasteiger partial charge in [0.15, 0.2) is 6.23 Å². The molecular weight excluding hydrogens is 347 g/mol. The summed E-state index contributed by atoms with van der Waals surface area (Å²) in [7, 11) is 1.65. The van der Waals surface area contributed by atoms with Crippen LogP contribution in [-0.4, -0.2) is 31.5 Å². The molecule has 0 saturated heterocycles. The second-order valence-corrected chi connectivity index (χ2v) is 6.90. The first-order chi connectivity index (χ1) is 13.1. The number of aliphatic hydroxyl groups is 1. The number of aliphatic hydroxyl groups excluding tert-OH is 1. The summed E-state index contributed by atoms with van der Waals surface area (Å²) in [5.41, 5.74) is 4.42. The number of methoxy groups -OCH3 is 1. The van der Waals surface area contributed by atoms with Gasteiger partial charge in [-0.1, -0.05) is 18.2 Å². The molecule has 0 saturated carbocycles. The first kappa shape index (κ1) is 18.0. The molecule has 6 heteroatoms. The summed E-state index contributed by atoms with van der Waals surface area (Å²) in [5, 5.41) is 17.0. The van der Waals surface area contributed by atoms with Crippen LogP contribution in [-0.2, 0) is 4.74 Å². The van der Waals surface area contributed by atoms with Crippen molar-refractivity contribution in [2.75, 3.05) is 20.3 Å². The van der Waals surface area contributed by atoms with Gasteiger partial charge in [0.25, 0.3) is 0 Å². The number of fused-ring (bicyclic) bond motifs is 2. The molecule has 2 aliphatic rings. The highest BCUT2D eigenvalue weighted by molar-refractivity contribution is 5.77. The van der Waals surface area contributed by atoms with Crippen LogP contribution in [0.2, 0.25) is 0 Å². The third-order valence-electron chi connectivity index (χ3n) is 5.18. The molecule has 0 fully saturated rings. The Morgan fingerprint density at radius 1 is 1.26 bits per heavy atom. The lowest BCUT2D eigenvalue weighted by Crippen LogP contribution is -2.44.